The summed E-state index contributed by atoms with van der Waals surface area (Å²) in [4.78, 5) is 34.4. The Bertz CT molecular complexity index is 943. The number of anilines is 1. The zero-order valence-electron chi connectivity index (χ0n) is 17.7. The molecule has 1 aromatic heterocycles. The number of nitrogens with zero attached hydrogens (tertiary/aromatic N) is 3. The predicted molar refractivity (Wildman–Crippen MR) is 118 cm³/mol. The molecule has 4 heterocycles. The van der Waals surface area contributed by atoms with Gasteiger partial charge in [-0.1, -0.05) is 24.3 Å². The van der Waals surface area contributed by atoms with E-state index in [1.165, 1.54) is 5.56 Å². The number of nitrogens with one attached hydrogen (secondary N) is 2. The smallest absolute Gasteiger partial charge is 0.321 e. The summed E-state index contributed by atoms with van der Waals surface area (Å²) in [6, 6.07) is 13.6. The molecular formula is C24H29N5O2. The highest BCUT2D eigenvalue weighted by atomic mass is 16.2. The van der Waals surface area contributed by atoms with Crippen LogP contribution in [0.15, 0.2) is 54.9 Å². The first kappa shape index (κ1) is 20.0. The molecule has 7 heteroatoms. The van der Waals surface area contributed by atoms with Crippen LogP contribution in [-0.2, 0) is 11.3 Å². The maximum absolute atomic E-state index is 13.1. The maximum atomic E-state index is 13.1. The molecule has 5 rings (SSSR count). The van der Waals surface area contributed by atoms with Crippen LogP contribution in [0, 0.1) is 10.8 Å². The number of pyridine rings is 1. The van der Waals surface area contributed by atoms with Gasteiger partial charge in [0.25, 0.3) is 0 Å². The van der Waals surface area contributed by atoms with Crippen molar-refractivity contribution in [2.45, 2.75) is 25.8 Å². The van der Waals surface area contributed by atoms with Gasteiger partial charge >= 0.3 is 6.03 Å². The largest absolute Gasteiger partial charge is 0.356 e. The molecule has 0 bridgehead atoms. The Kier molecular flexibility index (Phi) is 5.14. The summed E-state index contributed by atoms with van der Waals surface area (Å²) in [7, 11) is 0. The number of amides is 3. The number of rotatable bonds is 3. The van der Waals surface area contributed by atoms with Crippen LogP contribution in [-0.4, -0.2) is 59.4 Å². The first-order valence-corrected chi connectivity index (χ1v) is 11.1. The number of likely N-dealkylation sites (tertiary alicyclic amines) is 2. The summed E-state index contributed by atoms with van der Waals surface area (Å²) in [6.45, 7) is 4.58. The lowest BCUT2D eigenvalue weighted by molar-refractivity contribution is -0.133. The lowest BCUT2D eigenvalue weighted by Gasteiger charge is -2.46. The van der Waals surface area contributed by atoms with Gasteiger partial charge < -0.3 is 15.5 Å². The number of hydrogen-bond donors (Lipinski definition) is 2. The van der Waals surface area contributed by atoms with E-state index in [9.17, 15) is 9.59 Å². The standard InChI is InChI=1S/C24H29N5O2/c30-21-24(8-12-26-21)18-28(16-19-5-4-11-25-15-19)17-23(24)9-13-29(14-10-23)22(31)27-20-6-2-1-3-7-20/h1-7,11,15H,8-10,12-14,16-18H2,(H,26,30)(H,27,31)/t24-/m1/s1. The number of para-hydroxylation sites is 1. The lowest BCUT2D eigenvalue weighted by atomic mass is 9.60. The Morgan fingerprint density at radius 3 is 2.55 bits per heavy atom. The highest BCUT2D eigenvalue weighted by molar-refractivity contribution is 5.89. The van der Waals surface area contributed by atoms with E-state index in [-0.39, 0.29) is 22.8 Å². The first-order chi connectivity index (χ1) is 15.1. The van der Waals surface area contributed by atoms with E-state index >= 15 is 0 Å². The second-order valence-corrected chi connectivity index (χ2v) is 9.16. The van der Waals surface area contributed by atoms with Crippen molar-refractivity contribution in [1.82, 2.24) is 20.1 Å². The van der Waals surface area contributed by atoms with E-state index < -0.39 is 0 Å². The van der Waals surface area contributed by atoms with Crippen molar-refractivity contribution in [2.75, 3.05) is 38.0 Å². The van der Waals surface area contributed by atoms with E-state index in [0.717, 1.165) is 51.1 Å². The van der Waals surface area contributed by atoms with Gasteiger partial charge in [0.15, 0.2) is 0 Å². The molecule has 3 saturated heterocycles. The fraction of sp³-hybridized carbons (Fsp3) is 0.458. The van der Waals surface area contributed by atoms with Crippen molar-refractivity contribution in [3.8, 4) is 0 Å². The summed E-state index contributed by atoms with van der Waals surface area (Å²) < 4.78 is 0. The van der Waals surface area contributed by atoms with Crippen molar-refractivity contribution in [2.24, 2.45) is 10.8 Å². The Balaban J connectivity index is 1.30. The minimum Gasteiger partial charge on any atom is -0.356 e. The molecule has 0 aliphatic carbocycles. The van der Waals surface area contributed by atoms with Crippen LogP contribution < -0.4 is 10.6 Å². The number of benzene rings is 1. The van der Waals surface area contributed by atoms with Gasteiger partial charge in [-0.25, -0.2) is 4.79 Å². The predicted octanol–water partition coefficient (Wildman–Crippen LogP) is 2.72. The molecule has 2 spiro atoms. The topological polar surface area (TPSA) is 77.6 Å². The summed E-state index contributed by atoms with van der Waals surface area (Å²) in [6.07, 6.45) is 6.28. The monoisotopic (exact) mass is 419 g/mol. The zero-order valence-corrected chi connectivity index (χ0v) is 17.7. The molecule has 2 aromatic rings. The van der Waals surface area contributed by atoms with Gasteiger partial charge in [-0.2, -0.15) is 0 Å². The molecular weight excluding hydrogens is 390 g/mol. The number of piperidine rings is 1. The highest BCUT2D eigenvalue weighted by Gasteiger charge is 2.63. The molecule has 0 radical (unpaired) electrons. The third-order valence-electron chi connectivity index (χ3n) is 7.47. The molecule has 162 valence electrons. The molecule has 1 atom stereocenters. The Morgan fingerprint density at radius 2 is 1.87 bits per heavy atom. The SMILES string of the molecule is O=C(Nc1ccccc1)N1CCC2(CC1)CN(Cc1cccnc1)C[C@@]21CCNC1=O. The maximum Gasteiger partial charge on any atom is 0.321 e. The molecule has 3 aliphatic heterocycles. The molecule has 0 unspecified atom stereocenters. The van der Waals surface area contributed by atoms with Gasteiger partial charge in [-0.3, -0.25) is 14.7 Å². The first-order valence-electron chi connectivity index (χ1n) is 11.1. The number of fused-ring (bicyclic) bond motifs is 1. The van der Waals surface area contributed by atoms with Gasteiger partial charge in [-0.05, 0) is 43.0 Å². The fourth-order valence-electron chi connectivity index (χ4n) is 5.87. The second kappa shape index (κ2) is 7.96. The number of urea groups is 1. The number of carbonyl (C=O) groups excluding carboxylic acids is 2. The Labute approximate surface area is 182 Å². The van der Waals surface area contributed by atoms with Gasteiger partial charge in [-0.15, -0.1) is 0 Å². The summed E-state index contributed by atoms with van der Waals surface area (Å²) >= 11 is 0. The molecule has 31 heavy (non-hydrogen) atoms. The van der Waals surface area contributed by atoms with Crippen molar-refractivity contribution in [3.05, 3.63) is 60.4 Å². The van der Waals surface area contributed by atoms with Crippen molar-refractivity contribution >= 4 is 17.6 Å². The van der Waals surface area contributed by atoms with E-state index in [1.54, 1.807) is 6.20 Å². The van der Waals surface area contributed by atoms with Gasteiger partial charge in [0, 0.05) is 62.8 Å². The van der Waals surface area contributed by atoms with E-state index in [2.05, 4.69) is 26.6 Å². The minimum atomic E-state index is -0.350. The van der Waals surface area contributed by atoms with Crippen LogP contribution in [0.25, 0.3) is 0 Å². The van der Waals surface area contributed by atoms with E-state index in [0.29, 0.717) is 13.1 Å². The van der Waals surface area contributed by atoms with Gasteiger partial charge in [0.2, 0.25) is 5.91 Å². The normalized spacial score (nSPS) is 25.2. The minimum absolute atomic E-state index is 0.0591. The van der Waals surface area contributed by atoms with Crippen LogP contribution in [0.2, 0.25) is 0 Å². The number of aromatic nitrogens is 1. The molecule has 1 aromatic carbocycles. The van der Waals surface area contributed by atoms with E-state index in [1.807, 2.05) is 47.5 Å². The number of hydrogen-bond acceptors (Lipinski definition) is 4. The average Bonchev–Trinajstić information content (AvgIpc) is 3.30. The zero-order chi connectivity index (χ0) is 21.3. The quantitative estimate of drug-likeness (QED) is 0.802. The Hall–Kier alpha value is -2.93. The molecule has 7 nitrogen and oxygen atoms in total. The molecule has 0 saturated carbocycles. The van der Waals surface area contributed by atoms with Gasteiger partial charge in [0.1, 0.15) is 0 Å². The third-order valence-corrected chi connectivity index (χ3v) is 7.47. The van der Waals surface area contributed by atoms with Crippen LogP contribution in [0.1, 0.15) is 24.8 Å². The lowest BCUT2D eigenvalue weighted by Crippen LogP contribution is -2.53. The van der Waals surface area contributed by atoms with Crippen LogP contribution >= 0.6 is 0 Å². The molecule has 3 amide bonds. The second-order valence-electron chi connectivity index (χ2n) is 9.16. The molecule has 3 aliphatic rings. The third kappa shape index (κ3) is 3.57. The summed E-state index contributed by atoms with van der Waals surface area (Å²) in [5.74, 6) is 0.198. The van der Waals surface area contributed by atoms with Gasteiger partial charge in [0.05, 0.1) is 5.41 Å². The molecule has 2 N–H and O–H groups in total. The number of carbonyl (C=O) groups is 2. The summed E-state index contributed by atoms with van der Waals surface area (Å²) in [5, 5.41) is 6.10. The van der Waals surface area contributed by atoms with Crippen LogP contribution in [0.5, 0.6) is 0 Å². The van der Waals surface area contributed by atoms with Crippen LogP contribution in [0.4, 0.5) is 10.5 Å². The molecule has 3 fully saturated rings. The van der Waals surface area contributed by atoms with Crippen molar-refractivity contribution in [1.29, 1.82) is 0 Å². The average molecular weight is 420 g/mol. The van der Waals surface area contributed by atoms with Crippen molar-refractivity contribution in [3.63, 3.8) is 0 Å². The Morgan fingerprint density at radius 1 is 1.06 bits per heavy atom. The fourth-order valence-corrected chi connectivity index (χ4v) is 5.87. The van der Waals surface area contributed by atoms with Crippen molar-refractivity contribution < 1.29 is 9.59 Å². The summed E-state index contributed by atoms with van der Waals surface area (Å²) in [5.41, 5.74) is 1.55. The highest BCUT2D eigenvalue weighted by Crippen LogP contribution is 2.56. The van der Waals surface area contributed by atoms with Crippen LogP contribution in [0.3, 0.4) is 0 Å². The van der Waals surface area contributed by atoms with E-state index in [4.69, 9.17) is 0 Å².